The van der Waals surface area contributed by atoms with Crippen molar-refractivity contribution in [3.63, 3.8) is 0 Å². The van der Waals surface area contributed by atoms with Gasteiger partial charge in [0.2, 0.25) is 0 Å². The molecule has 0 saturated carbocycles. The summed E-state index contributed by atoms with van der Waals surface area (Å²) in [7, 11) is 1.53. The van der Waals surface area contributed by atoms with Gasteiger partial charge in [0.05, 0.1) is 20.3 Å². The number of benzene rings is 3. The molecule has 0 amide bonds. The van der Waals surface area contributed by atoms with Gasteiger partial charge in [-0.1, -0.05) is 35.3 Å². The molecular formula is C26H24Cl2N2O5. The zero-order valence-electron chi connectivity index (χ0n) is 18.8. The van der Waals surface area contributed by atoms with Crippen molar-refractivity contribution in [2.75, 3.05) is 25.6 Å². The third-order valence-electron chi connectivity index (χ3n) is 5.54. The lowest BCUT2D eigenvalue weighted by Crippen LogP contribution is -2.23. The fourth-order valence-corrected chi connectivity index (χ4v) is 4.29. The van der Waals surface area contributed by atoms with Crippen LogP contribution in [0.1, 0.15) is 27.5 Å². The summed E-state index contributed by atoms with van der Waals surface area (Å²) in [5.74, 6) is 0.748. The molecule has 182 valence electrons. The van der Waals surface area contributed by atoms with Crippen LogP contribution < -0.4 is 14.8 Å². The van der Waals surface area contributed by atoms with Crippen molar-refractivity contribution in [2.45, 2.75) is 12.6 Å². The maximum absolute atomic E-state index is 13.9. The number of ketones is 1. The molecule has 1 aromatic heterocycles. The number of hydrogen-bond acceptors (Lipinski definition) is 6. The number of H-pyrrole nitrogens is 1. The van der Waals surface area contributed by atoms with Crippen molar-refractivity contribution < 1.29 is 24.5 Å². The molecule has 35 heavy (non-hydrogen) atoms. The molecule has 7 nitrogen and oxygen atoms in total. The van der Waals surface area contributed by atoms with E-state index in [-0.39, 0.29) is 25.6 Å². The Bertz CT molecular complexity index is 1360. The number of halogens is 2. The number of aliphatic hydroxyl groups excluding tert-OH is 2. The molecule has 1 heterocycles. The smallest absolute Gasteiger partial charge is 0.191 e. The Hall–Kier alpha value is -3.23. The second kappa shape index (κ2) is 11.0. The van der Waals surface area contributed by atoms with Crippen molar-refractivity contribution in [1.82, 2.24) is 4.98 Å². The second-order valence-corrected chi connectivity index (χ2v) is 8.68. The van der Waals surface area contributed by atoms with Gasteiger partial charge in [0.15, 0.2) is 5.78 Å². The first kappa shape index (κ1) is 24.9. The van der Waals surface area contributed by atoms with E-state index < -0.39 is 6.04 Å². The third kappa shape index (κ3) is 5.55. The average molecular weight is 515 g/mol. The second-order valence-electron chi connectivity index (χ2n) is 7.80. The molecule has 0 radical (unpaired) electrons. The van der Waals surface area contributed by atoms with E-state index in [1.54, 1.807) is 60.8 Å². The Labute approximate surface area is 212 Å². The number of Topliss-reactive ketones (excluding diaryl/α,β-unsaturated/α-hetero) is 1. The number of hydrogen-bond donors (Lipinski definition) is 4. The van der Waals surface area contributed by atoms with E-state index in [0.717, 1.165) is 10.9 Å². The highest BCUT2D eigenvalue weighted by atomic mass is 35.5. The number of aromatic nitrogens is 1. The first-order valence-corrected chi connectivity index (χ1v) is 11.6. The lowest BCUT2D eigenvalue weighted by molar-refractivity contribution is 0.0970. The van der Waals surface area contributed by atoms with Gasteiger partial charge in [0.25, 0.3) is 0 Å². The van der Waals surface area contributed by atoms with Gasteiger partial charge in [0, 0.05) is 56.6 Å². The van der Waals surface area contributed by atoms with Crippen LogP contribution in [0.2, 0.25) is 10.0 Å². The number of nitrogens with one attached hydrogen (secondary N) is 2. The monoisotopic (exact) mass is 514 g/mol. The average Bonchev–Trinajstić information content (AvgIpc) is 3.28. The Morgan fingerprint density at radius 2 is 1.77 bits per heavy atom. The molecule has 0 aliphatic rings. The van der Waals surface area contributed by atoms with Crippen LogP contribution in [0, 0.1) is 0 Å². The van der Waals surface area contributed by atoms with Gasteiger partial charge in [-0.25, -0.2) is 0 Å². The van der Waals surface area contributed by atoms with Crippen molar-refractivity contribution >= 4 is 45.6 Å². The van der Waals surface area contributed by atoms with Gasteiger partial charge < -0.3 is 30.0 Å². The number of fused-ring (bicyclic) bond motifs is 1. The van der Waals surface area contributed by atoms with E-state index in [4.69, 9.17) is 37.8 Å². The minimum Gasteiger partial charge on any atom is -0.497 e. The number of aliphatic hydroxyl groups is 2. The predicted octanol–water partition coefficient (Wildman–Crippen LogP) is 5.38. The number of ether oxygens (including phenoxy) is 2. The summed E-state index contributed by atoms with van der Waals surface area (Å²) in [4.78, 5) is 17.0. The summed E-state index contributed by atoms with van der Waals surface area (Å²) in [6, 6.07) is 14.6. The molecule has 0 aliphatic carbocycles. The standard InChI is InChI=1S/C26H24Cl2N2O5/c1-34-19-10-18(11-20(12-19)35-7-6-31)30-25(21-4-2-16(27)8-15(21)14-32)26(33)23-13-29-24-9-17(28)3-5-22(23)24/h2-5,8-13,25,29-32H,6-7,14H2,1H3. The molecule has 3 aromatic carbocycles. The minimum absolute atomic E-state index is 0.110. The number of carbonyl (C=O) groups excluding carboxylic acids is 1. The molecule has 4 N–H and O–H groups in total. The largest absolute Gasteiger partial charge is 0.497 e. The van der Waals surface area contributed by atoms with Gasteiger partial charge in [-0.15, -0.1) is 0 Å². The number of methoxy groups -OCH3 is 1. The van der Waals surface area contributed by atoms with Crippen molar-refractivity contribution in [3.8, 4) is 11.5 Å². The van der Waals surface area contributed by atoms with Gasteiger partial charge in [0.1, 0.15) is 24.1 Å². The first-order chi connectivity index (χ1) is 16.9. The van der Waals surface area contributed by atoms with Crippen LogP contribution >= 0.6 is 23.2 Å². The van der Waals surface area contributed by atoms with Crippen LogP contribution in [0.4, 0.5) is 5.69 Å². The molecule has 0 fully saturated rings. The minimum atomic E-state index is -0.873. The summed E-state index contributed by atoms with van der Waals surface area (Å²) in [6.07, 6.45) is 1.65. The molecule has 0 saturated heterocycles. The van der Waals surface area contributed by atoms with Crippen LogP contribution in [0.3, 0.4) is 0 Å². The predicted molar refractivity (Wildman–Crippen MR) is 137 cm³/mol. The summed E-state index contributed by atoms with van der Waals surface area (Å²) in [5.41, 5.74) is 2.85. The summed E-state index contributed by atoms with van der Waals surface area (Å²) in [6.45, 7) is -0.331. The first-order valence-electron chi connectivity index (χ1n) is 10.8. The lowest BCUT2D eigenvalue weighted by Gasteiger charge is -2.22. The maximum Gasteiger partial charge on any atom is 0.191 e. The van der Waals surface area contributed by atoms with Crippen molar-refractivity contribution in [3.05, 3.63) is 87.5 Å². The third-order valence-corrected chi connectivity index (χ3v) is 6.01. The molecule has 4 rings (SSSR count). The molecule has 0 bridgehead atoms. The fraction of sp³-hybridized carbons (Fsp3) is 0.192. The number of aromatic amines is 1. The fourth-order valence-electron chi connectivity index (χ4n) is 3.92. The van der Waals surface area contributed by atoms with E-state index in [1.165, 1.54) is 7.11 Å². The molecular weight excluding hydrogens is 491 g/mol. The molecule has 1 atom stereocenters. The van der Waals surface area contributed by atoms with Gasteiger partial charge in [-0.05, 0) is 35.4 Å². The van der Waals surface area contributed by atoms with Gasteiger partial charge in [-0.2, -0.15) is 0 Å². The molecule has 9 heteroatoms. The van der Waals surface area contributed by atoms with E-state index in [2.05, 4.69) is 10.3 Å². The number of rotatable bonds is 10. The molecule has 4 aromatic rings. The number of anilines is 1. The zero-order valence-corrected chi connectivity index (χ0v) is 20.4. The highest BCUT2D eigenvalue weighted by molar-refractivity contribution is 6.31. The highest BCUT2D eigenvalue weighted by Crippen LogP contribution is 2.34. The lowest BCUT2D eigenvalue weighted by atomic mass is 9.93. The normalized spacial score (nSPS) is 11.9. The van der Waals surface area contributed by atoms with Crippen molar-refractivity contribution in [2.24, 2.45) is 0 Å². The Kier molecular flexibility index (Phi) is 7.83. The summed E-state index contributed by atoms with van der Waals surface area (Å²) >= 11 is 12.3. The number of carbonyl (C=O) groups is 1. The highest BCUT2D eigenvalue weighted by Gasteiger charge is 2.27. The topological polar surface area (TPSA) is 104 Å². The van der Waals surface area contributed by atoms with Crippen LogP contribution in [-0.2, 0) is 6.61 Å². The Morgan fingerprint density at radius 3 is 2.51 bits per heavy atom. The van der Waals surface area contributed by atoms with E-state index >= 15 is 0 Å². The van der Waals surface area contributed by atoms with Crippen LogP contribution in [0.25, 0.3) is 10.9 Å². The molecule has 1 unspecified atom stereocenters. The SMILES string of the molecule is COc1cc(NC(C(=O)c2c[nH]c3cc(Cl)ccc23)c2ccc(Cl)cc2CO)cc(OCCO)c1. The van der Waals surface area contributed by atoms with Gasteiger partial charge in [-0.3, -0.25) is 4.79 Å². The van der Waals surface area contributed by atoms with Crippen LogP contribution in [0.5, 0.6) is 11.5 Å². The van der Waals surface area contributed by atoms with Crippen LogP contribution in [-0.4, -0.2) is 41.3 Å². The van der Waals surface area contributed by atoms with E-state index in [0.29, 0.717) is 43.9 Å². The Morgan fingerprint density at radius 1 is 1.03 bits per heavy atom. The summed E-state index contributed by atoms with van der Waals surface area (Å²) < 4.78 is 10.9. The maximum atomic E-state index is 13.9. The van der Waals surface area contributed by atoms with Crippen LogP contribution in [0.15, 0.2) is 60.8 Å². The van der Waals surface area contributed by atoms with E-state index in [9.17, 15) is 9.90 Å². The zero-order chi connectivity index (χ0) is 24.9. The van der Waals surface area contributed by atoms with Crippen molar-refractivity contribution in [1.29, 1.82) is 0 Å². The summed E-state index contributed by atoms with van der Waals surface area (Å²) in [5, 5.41) is 24.1. The Balaban J connectivity index is 1.80. The molecule has 0 aliphatic heterocycles. The molecule has 0 spiro atoms. The van der Waals surface area contributed by atoms with E-state index in [1.807, 2.05) is 0 Å². The van der Waals surface area contributed by atoms with Gasteiger partial charge >= 0.3 is 0 Å². The quantitative estimate of drug-likeness (QED) is 0.212.